The third-order valence-corrected chi connectivity index (χ3v) is 15.0. The second kappa shape index (κ2) is 7.35. The molecule has 5 heteroatoms. The molecule has 0 aromatic rings. The van der Waals surface area contributed by atoms with Gasteiger partial charge in [-0.25, -0.2) is 0 Å². The maximum atomic E-state index is 6.70. The Morgan fingerprint density at radius 1 is 0.917 bits per heavy atom. The molecule has 3 nitrogen and oxygen atoms in total. The summed E-state index contributed by atoms with van der Waals surface area (Å²) < 4.78 is 19.2. The van der Waals surface area contributed by atoms with Gasteiger partial charge >= 0.3 is 0 Å². The van der Waals surface area contributed by atoms with E-state index in [0.29, 0.717) is 6.61 Å². The highest BCUT2D eigenvalue weighted by Gasteiger charge is 2.43. The van der Waals surface area contributed by atoms with Crippen molar-refractivity contribution in [1.82, 2.24) is 0 Å². The zero-order valence-corrected chi connectivity index (χ0v) is 19.8. The number of rotatable bonds is 6. The predicted molar refractivity (Wildman–Crippen MR) is 109 cm³/mol. The van der Waals surface area contributed by atoms with Crippen LogP contribution in [0.3, 0.4) is 0 Å². The summed E-state index contributed by atoms with van der Waals surface area (Å²) in [5, 5.41) is 0.379. The lowest BCUT2D eigenvalue weighted by molar-refractivity contribution is -0.0288. The van der Waals surface area contributed by atoms with E-state index in [-0.39, 0.29) is 28.4 Å². The SMILES string of the molecule is C[C@H]1C=C[C@@H]([C@@H](CO[Si](C)(C)C(C)(C)C)O[Si](C)(C)C(C)(C)C)O1. The predicted octanol–water partition coefficient (Wildman–Crippen LogP) is 5.74. The minimum Gasteiger partial charge on any atom is -0.414 e. The first-order valence-electron chi connectivity index (χ1n) is 9.22. The maximum Gasteiger partial charge on any atom is 0.192 e. The van der Waals surface area contributed by atoms with Crippen LogP contribution < -0.4 is 0 Å². The van der Waals surface area contributed by atoms with Crippen molar-refractivity contribution in [3.05, 3.63) is 12.2 Å². The van der Waals surface area contributed by atoms with Crippen molar-refractivity contribution < 1.29 is 13.6 Å². The summed E-state index contributed by atoms with van der Waals surface area (Å²) in [7, 11) is -3.68. The summed E-state index contributed by atoms with van der Waals surface area (Å²) in [6.07, 6.45) is 4.41. The van der Waals surface area contributed by atoms with E-state index in [2.05, 4.69) is 86.8 Å². The molecular formula is C19H40O3Si2. The largest absolute Gasteiger partial charge is 0.414 e. The molecule has 0 spiro atoms. The molecule has 1 aliphatic rings. The fourth-order valence-corrected chi connectivity index (χ4v) is 4.40. The van der Waals surface area contributed by atoms with Crippen molar-refractivity contribution in [3.63, 3.8) is 0 Å². The number of hydrogen-bond acceptors (Lipinski definition) is 3. The van der Waals surface area contributed by atoms with E-state index in [1.54, 1.807) is 0 Å². The molecule has 0 fully saturated rings. The molecule has 3 atom stereocenters. The van der Waals surface area contributed by atoms with Crippen molar-refractivity contribution in [2.45, 2.75) is 103 Å². The minimum absolute atomic E-state index is 0.00102. The molecule has 0 N–H and O–H groups in total. The molecule has 0 saturated carbocycles. The van der Waals surface area contributed by atoms with Gasteiger partial charge in [0, 0.05) is 0 Å². The van der Waals surface area contributed by atoms with Crippen LogP contribution in [0.2, 0.25) is 36.3 Å². The van der Waals surface area contributed by atoms with Crippen LogP contribution in [0.15, 0.2) is 12.2 Å². The van der Waals surface area contributed by atoms with Gasteiger partial charge in [0.05, 0.1) is 18.8 Å². The van der Waals surface area contributed by atoms with E-state index < -0.39 is 16.6 Å². The summed E-state index contributed by atoms with van der Waals surface area (Å²) in [6, 6.07) is 0. The van der Waals surface area contributed by atoms with Crippen LogP contribution >= 0.6 is 0 Å². The van der Waals surface area contributed by atoms with Crippen molar-refractivity contribution in [3.8, 4) is 0 Å². The van der Waals surface area contributed by atoms with Crippen molar-refractivity contribution in [1.29, 1.82) is 0 Å². The highest BCUT2D eigenvalue weighted by molar-refractivity contribution is 6.74. The van der Waals surface area contributed by atoms with Gasteiger partial charge in [-0.15, -0.1) is 0 Å². The zero-order chi connectivity index (χ0) is 19.0. The molecule has 0 aromatic heterocycles. The molecular weight excluding hydrogens is 332 g/mol. The summed E-state index contributed by atoms with van der Waals surface area (Å²) in [4.78, 5) is 0. The molecule has 1 rings (SSSR count). The van der Waals surface area contributed by atoms with Crippen LogP contribution in [-0.4, -0.2) is 41.6 Å². The zero-order valence-electron chi connectivity index (χ0n) is 17.8. The van der Waals surface area contributed by atoms with Crippen LogP contribution in [0, 0.1) is 0 Å². The van der Waals surface area contributed by atoms with Crippen molar-refractivity contribution in [2.24, 2.45) is 0 Å². The van der Waals surface area contributed by atoms with Gasteiger partial charge in [-0.1, -0.05) is 53.7 Å². The Hall–Kier alpha value is 0.0538. The topological polar surface area (TPSA) is 27.7 Å². The van der Waals surface area contributed by atoms with Crippen LogP contribution in [0.1, 0.15) is 48.5 Å². The van der Waals surface area contributed by atoms with Gasteiger partial charge in [-0.2, -0.15) is 0 Å². The third-order valence-electron chi connectivity index (χ3n) is 5.98. The van der Waals surface area contributed by atoms with Gasteiger partial charge in [-0.3, -0.25) is 0 Å². The molecule has 24 heavy (non-hydrogen) atoms. The molecule has 0 saturated heterocycles. The molecule has 1 heterocycles. The monoisotopic (exact) mass is 372 g/mol. The van der Waals surface area contributed by atoms with Gasteiger partial charge in [0.2, 0.25) is 0 Å². The Kier molecular flexibility index (Phi) is 6.77. The molecule has 0 radical (unpaired) electrons. The first kappa shape index (κ1) is 22.1. The van der Waals surface area contributed by atoms with Crippen molar-refractivity contribution >= 4 is 16.6 Å². The Balaban J connectivity index is 2.90. The van der Waals surface area contributed by atoms with Gasteiger partial charge in [0.1, 0.15) is 6.10 Å². The Morgan fingerprint density at radius 2 is 1.42 bits per heavy atom. The Labute approximate surface area is 152 Å². The number of ether oxygens (including phenoxy) is 1. The van der Waals surface area contributed by atoms with Gasteiger partial charge in [0.15, 0.2) is 16.6 Å². The fraction of sp³-hybridized carbons (Fsp3) is 0.895. The van der Waals surface area contributed by atoms with Crippen LogP contribution in [0.4, 0.5) is 0 Å². The average Bonchev–Trinajstić information content (AvgIpc) is 2.78. The summed E-state index contributed by atoms with van der Waals surface area (Å²) in [5.41, 5.74) is 0. The van der Waals surface area contributed by atoms with Crippen LogP contribution in [0.25, 0.3) is 0 Å². The van der Waals surface area contributed by atoms with Gasteiger partial charge in [-0.05, 0) is 43.2 Å². The Bertz CT molecular complexity index is 445. The van der Waals surface area contributed by atoms with Gasteiger partial charge < -0.3 is 13.6 Å². The molecule has 142 valence electrons. The molecule has 0 aliphatic carbocycles. The summed E-state index contributed by atoms with van der Waals surface area (Å²) in [6.45, 7) is 25.5. The second-order valence-corrected chi connectivity index (χ2v) is 19.7. The molecule has 0 aromatic carbocycles. The van der Waals surface area contributed by atoms with E-state index in [0.717, 1.165) is 0 Å². The van der Waals surface area contributed by atoms with Gasteiger partial charge in [0.25, 0.3) is 0 Å². The maximum absolute atomic E-state index is 6.70. The first-order chi connectivity index (χ1) is 10.6. The summed E-state index contributed by atoms with van der Waals surface area (Å²) >= 11 is 0. The molecule has 0 unspecified atom stereocenters. The van der Waals surface area contributed by atoms with Crippen molar-refractivity contribution in [2.75, 3.05) is 6.61 Å². The lowest BCUT2D eigenvalue weighted by Gasteiger charge is -2.42. The average molecular weight is 373 g/mol. The van der Waals surface area contributed by atoms with E-state index in [4.69, 9.17) is 13.6 Å². The normalized spacial score (nSPS) is 24.5. The van der Waals surface area contributed by atoms with E-state index >= 15 is 0 Å². The molecule has 0 amide bonds. The molecule has 0 bridgehead atoms. The number of hydrogen-bond donors (Lipinski definition) is 0. The standard InChI is InChI=1S/C19H40O3Si2/c1-15-12-13-16(21-15)17(22-24(10,11)19(5,6)7)14-20-23(8,9)18(2,3)4/h12-13,15-17H,14H2,1-11H3/t15-,16-,17+/m0/s1. The highest BCUT2D eigenvalue weighted by atomic mass is 28.4. The lowest BCUT2D eigenvalue weighted by Crippen LogP contribution is -2.51. The lowest BCUT2D eigenvalue weighted by atomic mass is 10.2. The third kappa shape index (κ3) is 5.53. The smallest absolute Gasteiger partial charge is 0.192 e. The van der Waals surface area contributed by atoms with E-state index in [9.17, 15) is 0 Å². The summed E-state index contributed by atoms with van der Waals surface area (Å²) in [5.74, 6) is 0. The van der Waals surface area contributed by atoms with Crippen LogP contribution in [-0.2, 0) is 13.6 Å². The fourth-order valence-electron chi connectivity index (χ4n) is 2.07. The highest BCUT2D eigenvalue weighted by Crippen LogP contribution is 2.40. The quantitative estimate of drug-likeness (QED) is 0.439. The second-order valence-electron chi connectivity index (χ2n) is 10.2. The first-order valence-corrected chi connectivity index (χ1v) is 15.0. The minimum atomic E-state index is -1.88. The molecule has 1 aliphatic heterocycles. The van der Waals surface area contributed by atoms with E-state index in [1.165, 1.54) is 0 Å². The van der Waals surface area contributed by atoms with E-state index in [1.807, 2.05) is 0 Å². The Morgan fingerprint density at radius 3 is 1.79 bits per heavy atom. The van der Waals surface area contributed by atoms with Crippen LogP contribution in [0.5, 0.6) is 0 Å².